The van der Waals surface area contributed by atoms with Crippen molar-refractivity contribution in [3.8, 4) is 0 Å². The lowest BCUT2D eigenvalue weighted by atomic mass is 10.2. The van der Waals surface area contributed by atoms with E-state index in [9.17, 15) is 9.18 Å². The van der Waals surface area contributed by atoms with Gasteiger partial charge in [-0.3, -0.25) is 4.79 Å². The summed E-state index contributed by atoms with van der Waals surface area (Å²) in [4.78, 5) is 10.3. The van der Waals surface area contributed by atoms with E-state index >= 15 is 0 Å². The first-order valence-electron chi connectivity index (χ1n) is 3.42. The minimum Gasteiger partial charge on any atom is -0.364 e. The normalized spacial score (nSPS) is 11.2. The maximum Gasteiger partial charge on any atom is 0.277 e. The van der Waals surface area contributed by atoms with Crippen LogP contribution >= 0.6 is 0 Å². The fourth-order valence-electron chi connectivity index (χ4n) is 0.767. The van der Waals surface area contributed by atoms with Crippen LogP contribution < -0.4 is 5.73 Å². The Labute approximate surface area is 69.5 Å². The Morgan fingerprint density at radius 1 is 1.33 bits per heavy atom. The van der Waals surface area contributed by atoms with Crippen LogP contribution in [-0.4, -0.2) is 5.91 Å². The molecule has 0 radical (unpaired) electrons. The van der Waals surface area contributed by atoms with E-state index in [0.29, 0.717) is 5.56 Å². The summed E-state index contributed by atoms with van der Waals surface area (Å²) in [6.45, 7) is 0. The molecule has 0 bridgehead atoms. The highest BCUT2D eigenvalue weighted by atomic mass is 19.1. The van der Waals surface area contributed by atoms with Gasteiger partial charge in [0.25, 0.3) is 5.91 Å². The number of hydrogen-bond acceptors (Lipinski definition) is 1. The Morgan fingerprint density at radius 3 is 2.42 bits per heavy atom. The summed E-state index contributed by atoms with van der Waals surface area (Å²) < 4.78 is 12.6. The summed E-state index contributed by atoms with van der Waals surface area (Å²) in [5.74, 6) is -1.97. The molecule has 0 aliphatic heterocycles. The number of hydrogen-bond donors (Lipinski definition) is 1. The van der Waals surface area contributed by atoms with Crippen molar-refractivity contribution in [2.45, 2.75) is 0 Å². The lowest BCUT2D eigenvalue weighted by molar-refractivity contribution is -0.115. The van der Waals surface area contributed by atoms with Crippen LogP contribution in [0.3, 0.4) is 0 Å². The zero-order valence-electron chi connectivity index (χ0n) is 6.33. The van der Waals surface area contributed by atoms with Gasteiger partial charge < -0.3 is 5.73 Å². The molecule has 62 valence electrons. The third-order valence-corrected chi connectivity index (χ3v) is 1.33. The highest BCUT2D eigenvalue weighted by Gasteiger charge is 2.00. The Bertz CT molecular complexity index is 306. The standard InChI is InChI=1S/C9H8FNO/c10-8(9(11)12)6-7-4-2-1-3-5-7/h1-6H,(H2,11,12)/b8-6-. The summed E-state index contributed by atoms with van der Waals surface area (Å²) in [5, 5.41) is 0. The molecule has 0 fully saturated rings. The molecule has 1 aromatic carbocycles. The molecule has 0 atom stereocenters. The van der Waals surface area contributed by atoms with Gasteiger partial charge in [0.15, 0.2) is 5.83 Å². The number of halogens is 1. The van der Waals surface area contributed by atoms with Gasteiger partial charge in [0.05, 0.1) is 0 Å². The van der Waals surface area contributed by atoms with Gasteiger partial charge in [0.1, 0.15) is 0 Å². The van der Waals surface area contributed by atoms with Crippen LogP contribution in [0.4, 0.5) is 4.39 Å². The van der Waals surface area contributed by atoms with Crippen LogP contribution in [0.5, 0.6) is 0 Å². The van der Waals surface area contributed by atoms with Gasteiger partial charge in [-0.15, -0.1) is 0 Å². The average molecular weight is 165 g/mol. The fraction of sp³-hybridized carbons (Fsp3) is 0. The number of carbonyl (C=O) groups excluding carboxylic acids is 1. The van der Waals surface area contributed by atoms with Gasteiger partial charge in [0, 0.05) is 0 Å². The first kappa shape index (κ1) is 8.46. The quantitative estimate of drug-likeness (QED) is 0.663. The van der Waals surface area contributed by atoms with Crippen LogP contribution in [0.15, 0.2) is 36.2 Å². The molecule has 2 nitrogen and oxygen atoms in total. The smallest absolute Gasteiger partial charge is 0.277 e. The maximum absolute atomic E-state index is 12.6. The van der Waals surface area contributed by atoms with Crippen LogP contribution in [0.2, 0.25) is 0 Å². The molecule has 1 amide bonds. The molecule has 0 saturated carbocycles. The summed E-state index contributed by atoms with van der Waals surface area (Å²) >= 11 is 0. The molecule has 2 N–H and O–H groups in total. The second kappa shape index (κ2) is 3.67. The Kier molecular flexibility index (Phi) is 2.58. The van der Waals surface area contributed by atoms with E-state index in [4.69, 9.17) is 5.73 Å². The summed E-state index contributed by atoms with van der Waals surface area (Å²) in [6, 6.07) is 8.67. The van der Waals surface area contributed by atoms with E-state index in [-0.39, 0.29) is 0 Å². The second-order valence-electron chi connectivity index (χ2n) is 2.27. The van der Waals surface area contributed by atoms with Gasteiger partial charge in [0.2, 0.25) is 0 Å². The minimum atomic E-state index is -1.04. The third kappa shape index (κ3) is 2.20. The third-order valence-electron chi connectivity index (χ3n) is 1.33. The SMILES string of the molecule is NC(=O)/C(F)=C/c1ccccc1. The first-order valence-corrected chi connectivity index (χ1v) is 3.42. The van der Waals surface area contributed by atoms with Crippen molar-refractivity contribution in [3.05, 3.63) is 41.7 Å². The van der Waals surface area contributed by atoms with Crippen molar-refractivity contribution in [2.75, 3.05) is 0 Å². The van der Waals surface area contributed by atoms with E-state index in [1.54, 1.807) is 30.3 Å². The molecule has 0 saturated heterocycles. The molecule has 3 heteroatoms. The van der Waals surface area contributed by atoms with E-state index in [1.807, 2.05) is 0 Å². The van der Waals surface area contributed by atoms with Gasteiger partial charge >= 0.3 is 0 Å². The second-order valence-corrected chi connectivity index (χ2v) is 2.27. The topological polar surface area (TPSA) is 43.1 Å². The predicted molar refractivity (Wildman–Crippen MR) is 44.7 cm³/mol. The fourth-order valence-corrected chi connectivity index (χ4v) is 0.767. The monoisotopic (exact) mass is 165 g/mol. The van der Waals surface area contributed by atoms with Crippen molar-refractivity contribution >= 4 is 12.0 Å². The number of amides is 1. The number of nitrogens with two attached hydrogens (primary N) is 1. The van der Waals surface area contributed by atoms with Crippen molar-refractivity contribution in [2.24, 2.45) is 5.73 Å². The zero-order valence-corrected chi connectivity index (χ0v) is 6.33. The van der Waals surface area contributed by atoms with Crippen molar-refractivity contribution in [3.63, 3.8) is 0 Å². The van der Waals surface area contributed by atoms with Crippen LogP contribution in [0, 0.1) is 0 Å². The molecule has 0 heterocycles. The van der Waals surface area contributed by atoms with Gasteiger partial charge in [-0.1, -0.05) is 30.3 Å². The molecule has 0 aromatic heterocycles. The molecule has 1 rings (SSSR count). The summed E-state index contributed by atoms with van der Waals surface area (Å²) in [6.07, 6.45) is 1.10. The average Bonchev–Trinajstić information content (AvgIpc) is 2.06. The van der Waals surface area contributed by atoms with E-state index < -0.39 is 11.7 Å². The molecule has 0 aliphatic carbocycles. The number of primary amides is 1. The Balaban J connectivity index is 2.89. The van der Waals surface area contributed by atoms with Gasteiger partial charge in [-0.25, -0.2) is 4.39 Å². The predicted octanol–water partition coefficient (Wildman–Crippen LogP) is 1.48. The van der Waals surface area contributed by atoms with Crippen molar-refractivity contribution in [1.82, 2.24) is 0 Å². The molecule has 0 spiro atoms. The summed E-state index contributed by atoms with van der Waals surface area (Å²) in [5.41, 5.74) is 5.32. The maximum atomic E-state index is 12.6. The van der Waals surface area contributed by atoms with E-state index in [2.05, 4.69) is 0 Å². The number of benzene rings is 1. The van der Waals surface area contributed by atoms with Gasteiger partial charge in [-0.05, 0) is 11.6 Å². The Morgan fingerprint density at radius 2 is 1.92 bits per heavy atom. The molecule has 12 heavy (non-hydrogen) atoms. The largest absolute Gasteiger partial charge is 0.364 e. The lowest BCUT2D eigenvalue weighted by Crippen LogP contribution is -2.10. The van der Waals surface area contributed by atoms with Crippen LogP contribution in [0.1, 0.15) is 5.56 Å². The highest BCUT2D eigenvalue weighted by Crippen LogP contribution is 2.06. The minimum absolute atomic E-state index is 0.619. The van der Waals surface area contributed by atoms with E-state index in [0.717, 1.165) is 6.08 Å². The van der Waals surface area contributed by atoms with E-state index in [1.165, 1.54) is 0 Å². The first-order chi connectivity index (χ1) is 5.70. The summed E-state index contributed by atoms with van der Waals surface area (Å²) in [7, 11) is 0. The highest BCUT2D eigenvalue weighted by molar-refractivity contribution is 5.94. The van der Waals surface area contributed by atoms with Crippen molar-refractivity contribution in [1.29, 1.82) is 0 Å². The number of rotatable bonds is 2. The van der Waals surface area contributed by atoms with Crippen LogP contribution in [-0.2, 0) is 4.79 Å². The van der Waals surface area contributed by atoms with Gasteiger partial charge in [-0.2, -0.15) is 0 Å². The zero-order chi connectivity index (χ0) is 8.97. The number of carbonyl (C=O) groups is 1. The molecule has 0 aliphatic rings. The van der Waals surface area contributed by atoms with Crippen molar-refractivity contribution < 1.29 is 9.18 Å². The molecular formula is C9H8FNO. The molecular weight excluding hydrogens is 157 g/mol. The van der Waals surface area contributed by atoms with Crippen LogP contribution in [0.25, 0.3) is 6.08 Å². The molecule has 1 aromatic rings. The lowest BCUT2D eigenvalue weighted by Gasteiger charge is -1.91. The molecule has 0 unspecified atom stereocenters. The Hall–Kier alpha value is -1.64.